The van der Waals surface area contributed by atoms with Gasteiger partial charge in [0.05, 0.1) is 25.4 Å². The van der Waals surface area contributed by atoms with Crippen LogP contribution in [0.3, 0.4) is 0 Å². The fourth-order valence-corrected chi connectivity index (χ4v) is 9.17. The Kier molecular flexibility index (Phi) is 46.5. The molecule has 11 heteroatoms. The van der Waals surface area contributed by atoms with Crippen molar-refractivity contribution in [1.29, 1.82) is 0 Å². The number of aliphatic hydroxyl groups excluding tert-OH is 5. The molecule has 1 aliphatic rings. The lowest BCUT2D eigenvalue weighted by molar-refractivity contribution is -0.305. The van der Waals surface area contributed by atoms with Gasteiger partial charge in [0.1, 0.15) is 24.4 Å². The topological polar surface area (TPSA) is 175 Å². The van der Waals surface area contributed by atoms with Gasteiger partial charge in [-0.15, -0.1) is 0 Å². The highest BCUT2D eigenvalue weighted by Crippen LogP contribution is 2.26. The number of amides is 1. The van der Waals surface area contributed by atoms with Crippen LogP contribution >= 0.6 is 0 Å². The molecule has 1 saturated heterocycles. The largest absolute Gasteiger partial charge is 0.454 e. The van der Waals surface area contributed by atoms with Crippen LogP contribution in [0.1, 0.15) is 265 Å². The molecular weight excluding hydrogens is 907 g/mol. The van der Waals surface area contributed by atoms with E-state index in [-0.39, 0.29) is 19.4 Å². The number of allylic oxidation sites excluding steroid dienone is 7. The predicted molar refractivity (Wildman–Crippen MR) is 297 cm³/mol. The molecule has 1 amide bonds. The first-order valence-electron chi connectivity index (χ1n) is 29.9. The summed E-state index contributed by atoms with van der Waals surface area (Å²) in [6.45, 7) is 5.74. The van der Waals surface area contributed by atoms with Crippen molar-refractivity contribution in [2.45, 2.75) is 314 Å². The smallest absolute Gasteiger partial charge is 0.306 e. The Morgan fingerprint density at radius 3 is 1.46 bits per heavy atom. The Bertz CT molecular complexity index is 1350. The minimum atomic E-state index is -1.62. The van der Waals surface area contributed by atoms with Gasteiger partial charge in [-0.1, -0.05) is 230 Å². The molecule has 0 aliphatic carbocycles. The standard InChI is InChI=1S/C61H111NO10/c1-4-7-10-13-16-19-22-25-27-28-29-31-34-37-40-43-46-49-56(66)72-59-58(68)57(67)55(50-63)71-61(59)70-51-52(53(64)47-44-41-38-35-32-24-21-18-15-12-9-6-3)62-60(69)54(65)48-45-42-39-36-33-30-26-23-20-17-14-11-8-5-2/h17,20,23,25-27,44,47,52-55,57-59,61,63-65,67-68H,4-16,18-19,21-22,24,28-43,45-46,48-51H2,1-3H3,(H,62,69)/b20-17+,26-23+,27-25+,47-44+. The number of carbonyl (C=O) groups excluding carboxylic acids is 2. The molecule has 11 nitrogen and oxygen atoms in total. The molecule has 1 heterocycles. The number of esters is 1. The van der Waals surface area contributed by atoms with Crippen LogP contribution in [0.5, 0.6) is 0 Å². The predicted octanol–water partition coefficient (Wildman–Crippen LogP) is 13.7. The third kappa shape index (κ3) is 37.4. The zero-order chi connectivity index (χ0) is 52.5. The van der Waals surface area contributed by atoms with E-state index in [1.54, 1.807) is 6.08 Å². The maximum Gasteiger partial charge on any atom is 0.306 e. The number of ether oxygens (including phenoxy) is 3. The van der Waals surface area contributed by atoms with E-state index in [1.807, 2.05) is 6.08 Å². The zero-order valence-corrected chi connectivity index (χ0v) is 46.3. The van der Waals surface area contributed by atoms with Crippen LogP contribution < -0.4 is 5.32 Å². The molecule has 0 saturated carbocycles. The van der Waals surface area contributed by atoms with E-state index in [9.17, 15) is 35.1 Å². The molecule has 72 heavy (non-hydrogen) atoms. The Balaban J connectivity index is 2.72. The lowest BCUT2D eigenvalue weighted by Crippen LogP contribution is -2.61. The van der Waals surface area contributed by atoms with Gasteiger partial charge < -0.3 is 45.1 Å². The maximum atomic E-state index is 13.4. The normalized spacial score (nSPS) is 19.8. The van der Waals surface area contributed by atoms with Crippen LogP contribution in [0.2, 0.25) is 0 Å². The molecular formula is C61H111NO10. The molecule has 0 bridgehead atoms. The molecule has 420 valence electrons. The van der Waals surface area contributed by atoms with E-state index < -0.39 is 67.4 Å². The van der Waals surface area contributed by atoms with Crippen molar-refractivity contribution >= 4 is 11.9 Å². The Morgan fingerprint density at radius 1 is 0.542 bits per heavy atom. The van der Waals surface area contributed by atoms with Crippen LogP contribution in [-0.2, 0) is 23.8 Å². The van der Waals surface area contributed by atoms with Crippen LogP contribution in [0, 0.1) is 0 Å². The van der Waals surface area contributed by atoms with Crippen molar-refractivity contribution in [3.05, 3.63) is 48.6 Å². The van der Waals surface area contributed by atoms with E-state index >= 15 is 0 Å². The van der Waals surface area contributed by atoms with Crippen molar-refractivity contribution in [3.8, 4) is 0 Å². The molecule has 1 rings (SSSR count). The average molecular weight is 1020 g/mol. The second kappa shape index (κ2) is 49.5. The zero-order valence-electron chi connectivity index (χ0n) is 46.3. The summed E-state index contributed by atoms with van der Waals surface area (Å²) in [5, 5.41) is 56.8. The second-order valence-corrected chi connectivity index (χ2v) is 20.8. The molecule has 1 fully saturated rings. The van der Waals surface area contributed by atoms with Crippen LogP contribution in [0.25, 0.3) is 0 Å². The van der Waals surface area contributed by atoms with E-state index in [0.717, 1.165) is 89.9 Å². The maximum absolute atomic E-state index is 13.4. The number of unbranched alkanes of at least 4 members (excludes halogenated alkanes) is 31. The first-order chi connectivity index (χ1) is 35.2. The van der Waals surface area contributed by atoms with Crippen LogP contribution in [0.4, 0.5) is 0 Å². The van der Waals surface area contributed by atoms with Gasteiger partial charge in [-0.25, -0.2) is 0 Å². The van der Waals surface area contributed by atoms with Gasteiger partial charge in [0.15, 0.2) is 12.4 Å². The molecule has 1 aliphatic heterocycles. The summed E-state index contributed by atoms with van der Waals surface area (Å²) < 4.78 is 17.6. The van der Waals surface area contributed by atoms with E-state index in [1.165, 1.54) is 128 Å². The summed E-state index contributed by atoms with van der Waals surface area (Å²) in [6, 6.07) is -1.03. The molecule has 0 radical (unpaired) electrons. The first kappa shape index (κ1) is 67.6. The summed E-state index contributed by atoms with van der Waals surface area (Å²) in [5.74, 6) is -1.21. The molecule has 8 unspecified atom stereocenters. The highest BCUT2D eigenvalue weighted by Gasteiger charge is 2.47. The molecule has 0 aromatic rings. The lowest BCUT2D eigenvalue weighted by Gasteiger charge is -2.41. The van der Waals surface area contributed by atoms with Crippen molar-refractivity contribution in [3.63, 3.8) is 0 Å². The second-order valence-electron chi connectivity index (χ2n) is 20.8. The lowest BCUT2D eigenvalue weighted by atomic mass is 9.99. The van der Waals surface area contributed by atoms with Gasteiger partial charge in [0, 0.05) is 6.42 Å². The third-order valence-electron chi connectivity index (χ3n) is 14.0. The van der Waals surface area contributed by atoms with Gasteiger partial charge in [0.2, 0.25) is 5.91 Å². The van der Waals surface area contributed by atoms with Gasteiger partial charge >= 0.3 is 5.97 Å². The first-order valence-corrected chi connectivity index (χ1v) is 29.9. The highest BCUT2D eigenvalue weighted by atomic mass is 16.7. The fraction of sp³-hybridized carbons (Fsp3) is 0.836. The molecule has 0 aromatic carbocycles. The van der Waals surface area contributed by atoms with E-state index in [4.69, 9.17) is 14.2 Å². The SMILES string of the molecule is CCCCC/C=C/C=C/CCCCCCCC(O)C(=O)NC(COC1OC(CO)C(O)C(O)C1OC(=O)CCCCCCCCC/C=C/CCCCCCCC)C(O)/C=C/CCCCCCCCCCCC. The number of carbonyl (C=O) groups is 2. The summed E-state index contributed by atoms with van der Waals surface area (Å²) in [5.41, 5.74) is 0. The molecule has 0 aromatic heterocycles. The third-order valence-corrected chi connectivity index (χ3v) is 14.0. The van der Waals surface area contributed by atoms with Crippen molar-refractivity contribution < 1.29 is 49.3 Å². The van der Waals surface area contributed by atoms with Crippen LogP contribution in [0.15, 0.2) is 48.6 Å². The fourth-order valence-electron chi connectivity index (χ4n) is 9.17. The summed E-state index contributed by atoms with van der Waals surface area (Å²) >= 11 is 0. The number of hydrogen-bond acceptors (Lipinski definition) is 10. The van der Waals surface area contributed by atoms with Gasteiger partial charge in [-0.05, 0) is 77.0 Å². The van der Waals surface area contributed by atoms with Gasteiger partial charge in [0.25, 0.3) is 0 Å². The van der Waals surface area contributed by atoms with Crippen LogP contribution in [-0.4, -0.2) is 99.6 Å². The number of hydrogen-bond donors (Lipinski definition) is 6. The minimum Gasteiger partial charge on any atom is -0.454 e. The minimum absolute atomic E-state index is 0.118. The Hall–Kier alpha value is -2.38. The van der Waals surface area contributed by atoms with E-state index in [0.29, 0.717) is 12.8 Å². The summed E-state index contributed by atoms with van der Waals surface area (Å²) in [4.78, 5) is 26.5. The Labute approximate surface area is 440 Å². The van der Waals surface area contributed by atoms with E-state index in [2.05, 4.69) is 62.5 Å². The molecule has 6 N–H and O–H groups in total. The van der Waals surface area contributed by atoms with Gasteiger partial charge in [-0.3, -0.25) is 9.59 Å². The molecule has 0 spiro atoms. The van der Waals surface area contributed by atoms with Crippen molar-refractivity contribution in [1.82, 2.24) is 5.32 Å². The van der Waals surface area contributed by atoms with Crippen molar-refractivity contribution in [2.75, 3.05) is 13.2 Å². The summed E-state index contributed by atoms with van der Waals surface area (Å²) in [6.07, 6.45) is 48.6. The van der Waals surface area contributed by atoms with Crippen molar-refractivity contribution in [2.24, 2.45) is 0 Å². The molecule has 8 atom stereocenters. The number of aliphatic hydroxyl groups is 5. The highest BCUT2D eigenvalue weighted by molar-refractivity contribution is 5.80. The Morgan fingerprint density at radius 2 is 0.958 bits per heavy atom. The average Bonchev–Trinajstić information content (AvgIpc) is 3.38. The summed E-state index contributed by atoms with van der Waals surface area (Å²) in [7, 11) is 0. The number of rotatable bonds is 50. The van der Waals surface area contributed by atoms with Gasteiger partial charge in [-0.2, -0.15) is 0 Å². The quantitative estimate of drug-likeness (QED) is 0.0149. The number of nitrogens with one attached hydrogen (secondary N) is 1. The monoisotopic (exact) mass is 1020 g/mol.